The molecular formula is C25H48O. The van der Waals surface area contributed by atoms with Crippen LogP contribution >= 0.6 is 0 Å². The number of rotatable bonds is 20. The zero-order valence-corrected chi connectivity index (χ0v) is 18.0. The second-order valence-corrected chi connectivity index (χ2v) is 7.94. The average molecular weight is 365 g/mol. The summed E-state index contributed by atoms with van der Waals surface area (Å²) >= 11 is 0. The van der Waals surface area contributed by atoms with E-state index in [4.69, 9.17) is 5.11 Å². The molecule has 0 unspecified atom stereocenters. The van der Waals surface area contributed by atoms with E-state index in [1.54, 1.807) is 0 Å². The Morgan fingerprint density at radius 1 is 0.423 bits per heavy atom. The smallest absolute Gasteiger partial charge is 0.0431 e. The molecule has 0 aromatic carbocycles. The van der Waals surface area contributed by atoms with Crippen molar-refractivity contribution in [3.8, 4) is 11.8 Å². The molecule has 0 aliphatic heterocycles. The fraction of sp³-hybridized carbons (Fsp3) is 0.920. The molecule has 0 amide bonds. The molecule has 0 aliphatic carbocycles. The minimum absolute atomic E-state index is 0.352. The summed E-state index contributed by atoms with van der Waals surface area (Å²) in [4.78, 5) is 0. The van der Waals surface area contributed by atoms with E-state index in [0.29, 0.717) is 6.61 Å². The zero-order chi connectivity index (χ0) is 19.0. The first-order valence-corrected chi connectivity index (χ1v) is 12.0. The van der Waals surface area contributed by atoms with E-state index in [9.17, 15) is 0 Å². The van der Waals surface area contributed by atoms with Crippen LogP contribution in [0, 0.1) is 11.8 Å². The molecule has 1 nitrogen and oxygen atoms in total. The highest BCUT2D eigenvalue weighted by Gasteiger charge is 1.93. The van der Waals surface area contributed by atoms with Gasteiger partial charge in [-0.2, -0.15) is 0 Å². The Bertz CT molecular complexity index is 299. The first-order chi connectivity index (χ1) is 12.9. The molecule has 0 rings (SSSR count). The SMILES string of the molecule is CCCCCCCCCCCCCCCC#CCCCCCCCCO. The van der Waals surface area contributed by atoms with E-state index in [1.165, 1.54) is 116 Å². The van der Waals surface area contributed by atoms with E-state index in [0.717, 1.165) is 19.3 Å². The maximum Gasteiger partial charge on any atom is 0.0431 e. The second-order valence-electron chi connectivity index (χ2n) is 7.94. The van der Waals surface area contributed by atoms with Gasteiger partial charge in [0.15, 0.2) is 0 Å². The van der Waals surface area contributed by atoms with E-state index in [2.05, 4.69) is 18.8 Å². The van der Waals surface area contributed by atoms with Crippen molar-refractivity contribution < 1.29 is 5.11 Å². The minimum atomic E-state index is 0.352. The van der Waals surface area contributed by atoms with Crippen LogP contribution in [0.2, 0.25) is 0 Å². The summed E-state index contributed by atoms with van der Waals surface area (Å²) in [7, 11) is 0. The number of unbranched alkanes of at least 4 members (excludes halogenated alkanes) is 19. The molecule has 0 aliphatic rings. The standard InChI is InChI=1S/C25H48O/c1-2-3-4-5-6-7-8-9-10-11-12-13-14-15-16-17-18-19-20-21-22-23-24-25-26/h26H,2-15,18-25H2,1H3. The molecule has 0 bridgehead atoms. The van der Waals surface area contributed by atoms with Gasteiger partial charge >= 0.3 is 0 Å². The van der Waals surface area contributed by atoms with Crippen molar-refractivity contribution in [2.45, 2.75) is 142 Å². The molecular weight excluding hydrogens is 316 g/mol. The van der Waals surface area contributed by atoms with Gasteiger partial charge in [0, 0.05) is 19.4 Å². The lowest BCUT2D eigenvalue weighted by molar-refractivity contribution is 0.282. The Morgan fingerprint density at radius 2 is 0.731 bits per heavy atom. The van der Waals surface area contributed by atoms with Crippen LogP contribution in [0.1, 0.15) is 142 Å². The van der Waals surface area contributed by atoms with Crippen molar-refractivity contribution in [1.82, 2.24) is 0 Å². The van der Waals surface area contributed by atoms with Crippen molar-refractivity contribution in [1.29, 1.82) is 0 Å². The lowest BCUT2D eigenvalue weighted by Crippen LogP contribution is -1.83. The number of hydrogen-bond acceptors (Lipinski definition) is 1. The lowest BCUT2D eigenvalue weighted by atomic mass is 10.0. The van der Waals surface area contributed by atoms with Crippen LogP contribution in [-0.4, -0.2) is 11.7 Å². The third-order valence-electron chi connectivity index (χ3n) is 5.24. The van der Waals surface area contributed by atoms with Gasteiger partial charge in [-0.3, -0.25) is 0 Å². The molecule has 26 heavy (non-hydrogen) atoms. The molecule has 0 radical (unpaired) electrons. The molecule has 0 aromatic heterocycles. The maximum absolute atomic E-state index is 8.71. The van der Waals surface area contributed by atoms with Gasteiger partial charge in [0.05, 0.1) is 0 Å². The summed E-state index contributed by atoms with van der Waals surface area (Å²) in [5.41, 5.74) is 0. The molecule has 0 atom stereocenters. The van der Waals surface area contributed by atoms with Gasteiger partial charge in [0.25, 0.3) is 0 Å². The van der Waals surface area contributed by atoms with Crippen molar-refractivity contribution >= 4 is 0 Å². The van der Waals surface area contributed by atoms with Crippen LogP contribution in [0.3, 0.4) is 0 Å². The Labute approximate surface area is 165 Å². The molecule has 1 heteroatoms. The van der Waals surface area contributed by atoms with Crippen molar-refractivity contribution in [2.75, 3.05) is 6.61 Å². The molecule has 0 saturated carbocycles. The fourth-order valence-electron chi connectivity index (χ4n) is 3.44. The van der Waals surface area contributed by atoms with Gasteiger partial charge in [0.2, 0.25) is 0 Å². The molecule has 0 heterocycles. The molecule has 1 N–H and O–H groups in total. The first-order valence-electron chi connectivity index (χ1n) is 12.0. The molecule has 154 valence electrons. The molecule has 0 saturated heterocycles. The number of aliphatic hydroxyl groups is 1. The predicted molar refractivity (Wildman–Crippen MR) is 117 cm³/mol. The maximum atomic E-state index is 8.71. The predicted octanol–water partition coefficient (Wildman–Crippen LogP) is 8.19. The van der Waals surface area contributed by atoms with Gasteiger partial charge in [-0.05, 0) is 19.3 Å². The van der Waals surface area contributed by atoms with Crippen LogP contribution in [-0.2, 0) is 0 Å². The van der Waals surface area contributed by atoms with Crippen LogP contribution in [0.4, 0.5) is 0 Å². The molecule has 0 spiro atoms. The summed E-state index contributed by atoms with van der Waals surface area (Å²) in [5, 5.41) is 8.71. The number of aliphatic hydroxyl groups excluding tert-OH is 1. The largest absolute Gasteiger partial charge is 0.396 e. The van der Waals surface area contributed by atoms with Crippen molar-refractivity contribution in [3.05, 3.63) is 0 Å². The van der Waals surface area contributed by atoms with E-state index in [1.807, 2.05) is 0 Å². The zero-order valence-electron chi connectivity index (χ0n) is 18.0. The third-order valence-corrected chi connectivity index (χ3v) is 5.24. The third kappa shape index (κ3) is 23.5. The second kappa shape index (κ2) is 24.5. The van der Waals surface area contributed by atoms with Crippen molar-refractivity contribution in [3.63, 3.8) is 0 Å². The van der Waals surface area contributed by atoms with Gasteiger partial charge in [-0.25, -0.2) is 0 Å². The van der Waals surface area contributed by atoms with Crippen LogP contribution in [0.5, 0.6) is 0 Å². The van der Waals surface area contributed by atoms with Crippen LogP contribution < -0.4 is 0 Å². The highest BCUT2D eigenvalue weighted by molar-refractivity contribution is 4.98. The molecule has 0 fully saturated rings. The highest BCUT2D eigenvalue weighted by Crippen LogP contribution is 2.13. The summed E-state index contributed by atoms with van der Waals surface area (Å²) in [5.74, 6) is 6.69. The Balaban J connectivity index is 3.07. The fourth-order valence-corrected chi connectivity index (χ4v) is 3.44. The summed E-state index contributed by atoms with van der Waals surface area (Å²) in [6.45, 7) is 2.64. The monoisotopic (exact) mass is 364 g/mol. The minimum Gasteiger partial charge on any atom is -0.396 e. The normalized spacial score (nSPS) is 10.7. The van der Waals surface area contributed by atoms with Gasteiger partial charge < -0.3 is 5.11 Å². The topological polar surface area (TPSA) is 20.2 Å². The summed E-state index contributed by atoms with van der Waals surface area (Å²) in [6.07, 6.45) is 28.0. The average Bonchev–Trinajstić information content (AvgIpc) is 2.66. The van der Waals surface area contributed by atoms with Crippen molar-refractivity contribution in [2.24, 2.45) is 0 Å². The number of hydrogen-bond donors (Lipinski definition) is 1. The molecule has 0 aromatic rings. The van der Waals surface area contributed by atoms with Crippen LogP contribution in [0.25, 0.3) is 0 Å². The van der Waals surface area contributed by atoms with E-state index in [-0.39, 0.29) is 0 Å². The first kappa shape index (κ1) is 25.5. The quantitative estimate of drug-likeness (QED) is 0.170. The van der Waals surface area contributed by atoms with Gasteiger partial charge in [-0.15, -0.1) is 11.8 Å². The Kier molecular flexibility index (Phi) is 24.1. The highest BCUT2D eigenvalue weighted by atomic mass is 16.2. The van der Waals surface area contributed by atoms with E-state index >= 15 is 0 Å². The Hall–Kier alpha value is -0.480. The van der Waals surface area contributed by atoms with Gasteiger partial charge in [-0.1, -0.05) is 110 Å². The summed E-state index contributed by atoms with van der Waals surface area (Å²) < 4.78 is 0. The lowest BCUT2D eigenvalue weighted by Gasteiger charge is -2.02. The van der Waals surface area contributed by atoms with E-state index < -0.39 is 0 Å². The van der Waals surface area contributed by atoms with Crippen LogP contribution in [0.15, 0.2) is 0 Å². The van der Waals surface area contributed by atoms with Gasteiger partial charge in [0.1, 0.15) is 0 Å². The summed E-state index contributed by atoms with van der Waals surface area (Å²) in [6, 6.07) is 0. The Morgan fingerprint density at radius 3 is 1.08 bits per heavy atom.